The number of carbonyl (C=O) groups excluding carboxylic acids is 2. The highest BCUT2D eigenvalue weighted by Gasteiger charge is 2.44. The minimum absolute atomic E-state index is 0.0619. The normalized spacial score (nSPS) is 19.9. The maximum absolute atomic E-state index is 13.9. The Morgan fingerprint density at radius 3 is 3.00 bits per heavy atom. The number of alkyl halides is 2. The lowest BCUT2D eigenvalue weighted by Crippen LogP contribution is -2.51. The number of hydrogen-bond acceptors (Lipinski definition) is 3. The van der Waals surface area contributed by atoms with Gasteiger partial charge in [0.25, 0.3) is 5.92 Å². The molecule has 1 aliphatic rings. The molecule has 0 bridgehead atoms. The summed E-state index contributed by atoms with van der Waals surface area (Å²) >= 11 is 0. The molecule has 1 aliphatic heterocycles. The highest BCUT2D eigenvalue weighted by Crippen LogP contribution is 2.32. The summed E-state index contributed by atoms with van der Waals surface area (Å²) in [6, 6.07) is 5.18. The summed E-state index contributed by atoms with van der Waals surface area (Å²) in [6.07, 6.45) is 1.93. The van der Waals surface area contributed by atoms with Crippen LogP contribution in [0.4, 0.5) is 14.5 Å². The summed E-state index contributed by atoms with van der Waals surface area (Å²) in [5, 5.41) is 10.0. The van der Waals surface area contributed by atoms with Crippen LogP contribution in [0.2, 0.25) is 0 Å². The Morgan fingerprint density at radius 2 is 2.25 bits per heavy atom. The number of benzene rings is 1. The third-order valence-corrected chi connectivity index (χ3v) is 4.01. The van der Waals surface area contributed by atoms with Gasteiger partial charge in [0.15, 0.2) is 0 Å². The van der Waals surface area contributed by atoms with Gasteiger partial charge in [-0.25, -0.2) is 8.78 Å². The zero-order chi connectivity index (χ0) is 17.3. The number of carbonyl (C=O) groups is 2. The van der Waals surface area contributed by atoms with E-state index < -0.39 is 36.6 Å². The van der Waals surface area contributed by atoms with Crippen LogP contribution in [0.1, 0.15) is 6.42 Å². The second kappa shape index (κ2) is 6.03. The van der Waals surface area contributed by atoms with Crippen LogP contribution in [-0.2, 0) is 9.59 Å². The Hall–Kier alpha value is -2.77. The van der Waals surface area contributed by atoms with Gasteiger partial charge >= 0.3 is 0 Å². The van der Waals surface area contributed by atoms with Crippen LogP contribution in [0, 0.1) is 5.92 Å². The predicted octanol–water partition coefficient (Wildman–Crippen LogP) is 2.17. The van der Waals surface area contributed by atoms with Crippen molar-refractivity contribution < 1.29 is 18.4 Å². The lowest BCUT2D eigenvalue weighted by molar-refractivity contribution is -0.145. The third-order valence-electron chi connectivity index (χ3n) is 4.01. The standard InChI is InChI=1S/C16H16F2N4O2/c1-2-14(23)22-8-10(6-16(17,18)9-22)15(24)20-12-4-3-5-13-11(12)7-19-21-13/h2-5,7,10H,1,6,8-9H2,(H,19,21)(H,20,24). The monoisotopic (exact) mass is 334 g/mol. The van der Waals surface area contributed by atoms with E-state index in [9.17, 15) is 18.4 Å². The minimum Gasteiger partial charge on any atom is -0.332 e. The van der Waals surface area contributed by atoms with Crippen LogP contribution in [0.15, 0.2) is 37.1 Å². The lowest BCUT2D eigenvalue weighted by Gasteiger charge is -2.36. The van der Waals surface area contributed by atoms with Gasteiger partial charge < -0.3 is 10.2 Å². The summed E-state index contributed by atoms with van der Waals surface area (Å²) in [7, 11) is 0. The van der Waals surface area contributed by atoms with Crippen molar-refractivity contribution in [1.82, 2.24) is 15.1 Å². The molecule has 24 heavy (non-hydrogen) atoms. The Kier molecular flexibility index (Phi) is 4.04. The van der Waals surface area contributed by atoms with Crippen molar-refractivity contribution in [2.24, 2.45) is 5.92 Å². The Balaban J connectivity index is 1.79. The van der Waals surface area contributed by atoms with Gasteiger partial charge in [0.05, 0.1) is 29.9 Å². The number of hydrogen-bond donors (Lipinski definition) is 2. The number of amides is 2. The van der Waals surface area contributed by atoms with E-state index >= 15 is 0 Å². The first-order chi connectivity index (χ1) is 11.4. The first-order valence-electron chi connectivity index (χ1n) is 7.42. The summed E-state index contributed by atoms with van der Waals surface area (Å²) in [6.45, 7) is 2.55. The molecule has 3 rings (SSSR count). The number of anilines is 1. The van der Waals surface area contributed by atoms with Gasteiger partial charge in [0, 0.05) is 18.4 Å². The quantitative estimate of drug-likeness (QED) is 0.845. The fourth-order valence-electron chi connectivity index (χ4n) is 2.88. The molecule has 0 spiro atoms. The van der Waals surface area contributed by atoms with Crippen molar-refractivity contribution in [1.29, 1.82) is 0 Å². The molecule has 8 heteroatoms. The number of piperidine rings is 1. The molecule has 1 fully saturated rings. The largest absolute Gasteiger partial charge is 0.332 e. The first-order valence-corrected chi connectivity index (χ1v) is 7.42. The van der Waals surface area contributed by atoms with Gasteiger partial charge in [-0.1, -0.05) is 12.6 Å². The summed E-state index contributed by atoms with van der Waals surface area (Å²) < 4.78 is 27.8. The average molecular weight is 334 g/mol. The van der Waals surface area contributed by atoms with Crippen LogP contribution in [0.25, 0.3) is 10.9 Å². The second-order valence-electron chi connectivity index (χ2n) is 5.81. The van der Waals surface area contributed by atoms with Crippen molar-refractivity contribution in [3.8, 4) is 0 Å². The number of nitrogens with one attached hydrogen (secondary N) is 2. The van der Waals surface area contributed by atoms with Gasteiger partial charge in [-0.2, -0.15) is 5.10 Å². The molecule has 2 heterocycles. The maximum Gasteiger partial charge on any atom is 0.266 e. The second-order valence-corrected chi connectivity index (χ2v) is 5.81. The van der Waals surface area contributed by atoms with E-state index in [2.05, 4.69) is 22.1 Å². The van der Waals surface area contributed by atoms with Crippen molar-refractivity contribution >= 4 is 28.4 Å². The molecule has 0 aliphatic carbocycles. The average Bonchev–Trinajstić information content (AvgIpc) is 3.02. The van der Waals surface area contributed by atoms with Gasteiger partial charge in [0.2, 0.25) is 11.8 Å². The minimum atomic E-state index is -3.11. The van der Waals surface area contributed by atoms with Gasteiger partial charge in [-0.15, -0.1) is 0 Å². The number of rotatable bonds is 3. The molecule has 0 saturated carbocycles. The van der Waals surface area contributed by atoms with Crippen LogP contribution in [0.5, 0.6) is 0 Å². The number of fused-ring (bicyclic) bond motifs is 1. The molecule has 1 aromatic heterocycles. The smallest absolute Gasteiger partial charge is 0.266 e. The molecule has 2 amide bonds. The number of nitrogens with zero attached hydrogens (tertiary/aromatic N) is 2. The number of aromatic nitrogens is 2. The molecule has 6 nitrogen and oxygen atoms in total. The Labute approximate surface area is 136 Å². The first kappa shape index (κ1) is 16.1. The fourth-order valence-corrected chi connectivity index (χ4v) is 2.88. The molecule has 1 unspecified atom stereocenters. The SMILES string of the molecule is C=CC(=O)N1CC(C(=O)Nc2cccc3[nH]ncc23)CC(F)(F)C1. The van der Waals surface area contributed by atoms with Crippen LogP contribution >= 0.6 is 0 Å². The summed E-state index contributed by atoms with van der Waals surface area (Å²) in [4.78, 5) is 25.0. The molecule has 0 radical (unpaired) electrons. The zero-order valence-electron chi connectivity index (χ0n) is 12.8. The summed E-state index contributed by atoms with van der Waals surface area (Å²) in [5.74, 6) is -5.27. The zero-order valence-corrected chi connectivity index (χ0v) is 12.8. The number of aromatic amines is 1. The van der Waals surface area contributed by atoms with E-state index in [-0.39, 0.29) is 6.54 Å². The molecule has 1 saturated heterocycles. The molecule has 2 aromatic rings. The molecule has 126 valence electrons. The number of H-pyrrole nitrogens is 1. The van der Waals surface area contributed by atoms with Crippen molar-refractivity contribution in [3.63, 3.8) is 0 Å². The topological polar surface area (TPSA) is 78.1 Å². The number of halogens is 2. The molecule has 1 atom stereocenters. The molecular weight excluding hydrogens is 318 g/mol. The van der Waals surface area contributed by atoms with Gasteiger partial charge in [-0.05, 0) is 18.2 Å². The van der Waals surface area contributed by atoms with E-state index in [0.29, 0.717) is 11.1 Å². The van der Waals surface area contributed by atoms with Gasteiger partial charge in [-0.3, -0.25) is 14.7 Å². The lowest BCUT2D eigenvalue weighted by atomic mass is 9.94. The molecule has 1 aromatic carbocycles. The third kappa shape index (κ3) is 3.12. The van der Waals surface area contributed by atoms with E-state index in [1.54, 1.807) is 24.4 Å². The van der Waals surface area contributed by atoms with Crippen molar-refractivity contribution in [3.05, 3.63) is 37.1 Å². The van der Waals surface area contributed by atoms with E-state index in [4.69, 9.17) is 0 Å². The predicted molar refractivity (Wildman–Crippen MR) is 84.6 cm³/mol. The van der Waals surface area contributed by atoms with Crippen LogP contribution in [0.3, 0.4) is 0 Å². The van der Waals surface area contributed by atoms with E-state index in [1.807, 2.05) is 0 Å². The highest BCUT2D eigenvalue weighted by molar-refractivity contribution is 6.02. The van der Waals surface area contributed by atoms with Crippen molar-refractivity contribution in [2.45, 2.75) is 12.3 Å². The molecular formula is C16H16F2N4O2. The van der Waals surface area contributed by atoms with Gasteiger partial charge in [0.1, 0.15) is 0 Å². The maximum atomic E-state index is 13.9. The van der Waals surface area contributed by atoms with E-state index in [1.165, 1.54) is 0 Å². The fraction of sp³-hybridized carbons (Fsp3) is 0.312. The molecule has 2 N–H and O–H groups in total. The van der Waals surface area contributed by atoms with E-state index in [0.717, 1.165) is 16.5 Å². The Morgan fingerprint density at radius 1 is 1.46 bits per heavy atom. The number of likely N-dealkylation sites (tertiary alicyclic amines) is 1. The van der Waals surface area contributed by atoms with Crippen molar-refractivity contribution in [2.75, 3.05) is 18.4 Å². The highest BCUT2D eigenvalue weighted by atomic mass is 19.3. The summed E-state index contributed by atoms with van der Waals surface area (Å²) in [5.41, 5.74) is 1.21. The Bertz CT molecular complexity index is 802. The van der Waals surface area contributed by atoms with Crippen LogP contribution < -0.4 is 5.32 Å². The van der Waals surface area contributed by atoms with Crippen LogP contribution in [-0.4, -0.2) is 45.9 Å².